The molecule has 0 aliphatic heterocycles. The maximum Gasteiger partial charge on any atom is 0.321 e. The number of nitrogen functional groups attached to an aromatic ring is 1. The van der Waals surface area contributed by atoms with Gasteiger partial charge in [-0.05, 0) is 24.6 Å². The van der Waals surface area contributed by atoms with Gasteiger partial charge in [-0.2, -0.15) is 0 Å². The van der Waals surface area contributed by atoms with E-state index >= 15 is 0 Å². The lowest BCUT2D eigenvalue weighted by molar-refractivity contribution is 0.416. The Balaban J connectivity index is 2.29. The van der Waals surface area contributed by atoms with Crippen LogP contribution in [0, 0.1) is 6.92 Å². The summed E-state index contributed by atoms with van der Waals surface area (Å²) in [6.07, 6.45) is 0. The van der Waals surface area contributed by atoms with Crippen LogP contribution in [0.4, 0.5) is 17.7 Å². The number of hydrogen-bond acceptors (Lipinski definition) is 6. The van der Waals surface area contributed by atoms with Gasteiger partial charge in [-0.3, -0.25) is 0 Å². The first kappa shape index (κ1) is 10.3. The van der Waals surface area contributed by atoms with Gasteiger partial charge in [0.15, 0.2) is 0 Å². The molecule has 0 saturated carbocycles. The second-order valence-electron chi connectivity index (χ2n) is 3.27. The molecule has 0 saturated heterocycles. The molecular weight excluding hydrogens is 208 g/mol. The van der Waals surface area contributed by atoms with Gasteiger partial charge in [0.25, 0.3) is 0 Å². The van der Waals surface area contributed by atoms with Gasteiger partial charge in [-0.25, -0.2) is 0 Å². The zero-order valence-electron chi connectivity index (χ0n) is 9.02. The monoisotopic (exact) mass is 220 g/mol. The van der Waals surface area contributed by atoms with E-state index in [9.17, 15) is 0 Å². The fourth-order valence-electron chi connectivity index (χ4n) is 1.32. The van der Waals surface area contributed by atoms with Crippen molar-refractivity contribution in [3.05, 3.63) is 23.8 Å². The molecule has 2 aromatic rings. The Kier molecular flexibility index (Phi) is 2.63. The van der Waals surface area contributed by atoms with E-state index in [1.807, 2.05) is 25.1 Å². The number of nitrogens with two attached hydrogens (primary N) is 1. The Morgan fingerprint density at radius 1 is 1.38 bits per heavy atom. The number of hydrogen-bond donors (Lipinski definition) is 2. The van der Waals surface area contributed by atoms with Crippen LogP contribution >= 0.6 is 0 Å². The lowest BCUT2D eigenvalue weighted by Gasteiger charge is -2.08. The summed E-state index contributed by atoms with van der Waals surface area (Å²) in [5.41, 5.74) is 7.17. The van der Waals surface area contributed by atoms with Crippen LogP contribution < -0.4 is 15.8 Å². The van der Waals surface area contributed by atoms with Crippen LogP contribution in [0.15, 0.2) is 22.6 Å². The Morgan fingerprint density at radius 2 is 2.19 bits per heavy atom. The first-order valence-electron chi connectivity index (χ1n) is 4.69. The van der Waals surface area contributed by atoms with Gasteiger partial charge in [0.1, 0.15) is 5.75 Å². The van der Waals surface area contributed by atoms with E-state index in [-0.39, 0.29) is 12.0 Å². The third-order valence-corrected chi connectivity index (χ3v) is 2.04. The highest BCUT2D eigenvalue weighted by Gasteiger charge is 2.07. The van der Waals surface area contributed by atoms with Crippen LogP contribution in [0.2, 0.25) is 0 Å². The predicted octanol–water partition coefficient (Wildman–Crippen LogP) is 1.71. The Hall–Kier alpha value is -2.24. The number of aryl methyl sites for hydroxylation is 1. The SMILES string of the molecule is COc1ccc(C)cc1Nc1nnc(N)o1. The van der Waals surface area contributed by atoms with E-state index in [0.717, 1.165) is 11.3 Å². The molecular formula is C10H12N4O2. The predicted molar refractivity (Wildman–Crippen MR) is 59.7 cm³/mol. The zero-order valence-corrected chi connectivity index (χ0v) is 9.02. The Morgan fingerprint density at radius 3 is 2.81 bits per heavy atom. The molecule has 0 unspecified atom stereocenters. The molecule has 1 aromatic carbocycles. The van der Waals surface area contributed by atoms with Crippen molar-refractivity contribution >= 4 is 17.7 Å². The molecule has 3 N–H and O–H groups in total. The molecule has 2 rings (SSSR count). The summed E-state index contributed by atoms with van der Waals surface area (Å²) in [4.78, 5) is 0. The van der Waals surface area contributed by atoms with Gasteiger partial charge in [-0.1, -0.05) is 16.3 Å². The third kappa shape index (κ3) is 2.05. The smallest absolute Gasteiger partial charge is 0.321 e. The Labute approximate surface area is 92.4 Å². The highest BCUT2D eigenvalue weighted by molar-refractivity contribution is 5.63. The second-order valence-corrected chi connectivity index (χ2v) is 3.27. The molecule has 0 bridgehead atoms. The van der Waals surface area contributed by atoms with Crippen molar-refractivity contribution in [3.8, 4) is 5.75 Å². The fraction of sp³-hybridized carbons (Fsp3) is 0.200. The number of nitrogens with one attached hydrogen (secondary N) is 1. The van der Waals surface area contributed by atoms with Crippen LogP contribution in [-0.2, 0) is 0 Å². The van der Waals surface area contributed by atoms with Gasteiger partial charge in [0, 0.05) is 0 Å². The minimum atomic E-state index is 0.0223. The second kappa shape index (κ2) is 4.09. The molecule has 0 aliphatic carbocycles. The number of nitrogens with zero attached hydrogens (tertiary/aromatic N) is 2. The maximum atomic E-state index is 5.32. The van der Waals surface area contributed by atoms with E-state index < -0.39 is 0 Å². The molecule has 0 fully saturated rings. The summed E-state index contributed by atoms with van der Waals surface area (Å²) in [6.45, 7) is 1.98. The van der Waals surface area contributed by atoms with Crippen LogP contribution in [-0.4, -0.2) is 17.3 Å². The van der Waals surface area contributed by atoms with Gasteiger partial charge >= 0.3 is 12.0 Å². The van der Waals surface area contributed by atoms with Crippen LogP contribution in [0.5, 0.6) is 5.75 Å². The minimum Gasteiger partial charge on any atom is -0.495 e. The average molecular weight is 220 g/mol. The van der Waals surface area contributed by atoms with E-state index in [1.165, 1.54) is 0 Å². The zero-order chi connectivity index (χ0) is 11.5. The summed E-state index contributed by atoms with van der Waals surface area (Å²) < 4.78 is 10.2. The van der Waals surface area contributed by atoms with Crippen LogP contribution in [0.25, 0.3) is 0 Å². The molecule has 0 atom stereocenters. The van der Waals surface area contributed by atoms with Crippen molar-refractivity contribution in [2.75, 3.05) is 18.2 Å². The lowest BCUT2D eigenvalue weighted by atomic mass is 10.2. The molecule has 0 amide bonds. The molecule has 0 aliphatic rings. The van der Waals surface area contributed by atoms with E-state index in [4.69, 9.17) is 14.9 Å². The first-order valence-corrected chi connectivity index (χ1v) is 4.69. The highest BCUT2D eigenvalue weighted by Crippen LogP contribution is 2.28. The maximum absolute atomic E-state index is 5.32. The van der Waals surface area contributed by atoms with E-state index in [0.29, 0.717) is 5.75 Å². The van der Waals surface area contributed by atoms with Gasteiger partial charge < -0.3 is 20.2 Å². The standard InChI is InChI=1S/C10H12N4O2/c1-6-3-4-8(15-2)7(5-6)12-10-14-13-9(11)16-10/h3-5H,1-2H3,(H2,11,13)(H,12,14). The summed E-state index contributed by atoms with van der Waals surface area (Å²) >= 11 is 0. The summed E-state index contributed by atoms with van der Waals surface area (Å²) in [6, 6.07) is 5.98. The van der Waals surface area contributed by atoms with Crippen molar-refractivity contribution in [2.24, 2.45) is 0 Å². The normalized spacial score (nSPS) is 10.1. The summed E-state index contributed by atoms with van der Waals surface area (Å²) in [7, 11) is 1.60. The molecule has 84 valence electrons. The molecule has 6 heteroatoms. The number of ether oxygens (including phenoxy) is 1. The average Bonchev–Trinajstić information content (AvgIpc) is 2.64. The van der Waals surface area contributed by atoms with Crippen molar-refractivity contribution < 1.29 is 9.15 Å². The summed E-state index contributed by atoms with van der Waals surface area (Å²) in [5.74, 6) is 0.697. The van der Waals surface area contributed by atoms with Crippen LogP contribution in [0.3, 0.4) is 0 Å². The highest BCUT2D eigenvalue weighted by atomic mass is 16.5. The molecule has 1 heterocycles. The Bertz CT molecular complexity index is 495. The lowest BCUT2D eigenvalue weighted by Crippen LogP contribution is -1.95. The van der Waals surface area contributed by atoms with Crippen LogP contribution in [0.1, 0.15) is 5.56 Å². The number of benzene rings is 1. The summed E-state index contributed by atoms with van der Waals surface area (Å²) in [5, 5.41) is 10.2. The molecule has 0 spiro atoms. The van der Waals surface area contributed by atoms with Crippen molar-refractivity contribution in [2.45, 2.75) is 6.92 Å². The molecule has 1 aromatic heterocycles. The molecule has 6 nitrogen and oxygen atoms in total. The molecule has 0 radical (unpaired) electrons. The van der Waals surface area contributed by atoms with Crippen molar-refractivity contribution in [3.63, 3.8) is 0 Å². The number of aromatic nitrogens is 2. The van der Waals surface area contributed by atoms with Gasteiger partial charge in [0.2, 0.25) is 0 Å². The largest absolute Gasteiger partial charge is 0.495 e. The minimum absolute atomic E-state index is 0.0223. The van der Waals surface area contributed by atoms with Gasteiger partial charge in [0.05, 0.1) is 12.8 Å². The quantitative estimate of drug-likeness (QED) is 0.818. The number of methoxy groups -OCH3 is 1. The van der Waals surface area contributed by atoms with E-state index in [1.54, 1.807) is 7.11 Å². The van der Waals surface area contributed by atoms with Crippen molar-refractivity contribution in [1.82, 2.24) is 10.2 Å². The number of anilines is 3. The van der Waals surface area contributed by atoms with E-state index in [2.05, 4.69) is 15.5 Å². The van der Waals surface area contributed by atoms with Crippen molar-refractivity contribution in [1.29, 1.82) is 0 Å². The first-order chi connectivity index (χ1) is 7.69. The number of rotatable bonds is 3. The van der Waals surface area contributed by atoms with Gasteiger partial charge in [-0.15, -0.1) is 0 Å². The topological polar surface area (TPSA) is 86.2 Å². The fourth-order valence-corrected chi connectivity index (χ4v) is 1.32. The third-order valence-electron chi connectivity index (χ3n) is 2.04. The molecule has 16 heavy (non-hydrogen) atoms.